The van der Waals surface area contributed by atoms with E-state index in [-0.39, 0.29) is 18.6 Å². The van der Waals surface area contributed by atoms with E-state index in [1.807, 2.05) is 27.7 Å². The van der Waals surface area contributed by atoms with E-state index in [1.54, 1.807) is 6.20 Å². The molecule has 0 amide bonds. The molecule has 0 saturated carbocycles. The van der Waals surface area contributed by atoms with Gasteiger partial charge in [0.1, 0.15) is 5.82 Å². The zero-order chi connectivity index (χ0) is 12.8. The van der Waals surface area contributed by atoms with E-state index in [9.17, 15) is 0 Å². The number of aliphatic hydroxyl groups is 1. The van der Waals surface area contributed by atoms with Gasteiger partial charge in [-0.2, -0.15) is 4.98 Å². The molecular weight excluding hydrogens is 216 g/mol. The van der Waals surface area contributed by atoms with E-state index in [0.29, 0.717) is 5.95 Å². The van der Waals surface area contributed by atoms with Crippen molar-refractivity contribution in [1.29, 1.82) is 0 Å². The third-order valence-corrected chi connectivity index (χ3v) is 2.81. The lowest BCUT2D eigenvalue weighted by molar-refractivity contribution is 0.226. The van der Waals surface area contributed by atoms with Gasteiger partial charge in [0.05, 0.1) is 0 Å². The van der Waals surface area contributed by atoms with Gasteiger partial charge in [-0.3, -0.25) is 0 Å². The second-order valence-corrected chi connectivity index (χ2v) is 4.35. The summed E-state index contributed by atoms with van der Waals surface area (Å²) < 4.78 is 0. The lowest BCUT2D eigenvalue weighted by atomic mass is 10.1. The van der Waals surface area contributed by atoms with Gasteiger partial charge < -0.3 is 15.7 Å². The van der Waals surface area contributed by atoms with Gasteiger partial charge in [0.25, 0.3) is 0 Å². The van der Waals surface area contributed by atoms with Gasteiger partial charge >= 0.3 is 0 Å². The fourth-order valence-corrected chi connectivity index (χ4v) is 1.35. The number of rotatable bonds is 6. The predicted octanol–water partition coefficient (Wildman–Crippen LogP) is 1.65. The van der Waals surface area contributed by atoms with Crippen LogP contribution in [-0.2, 0) is 0 Å². The first-order chi connectivity index (χ1) is 8.08. The molecule has 3 N–H and O–H groups in total. The van der Waals surface area contributed by atoms with Gasteiger partial charge in [-0.1, -0.05) is 6.92 Å². The summed E-state index contributed by atoms with van der Waals surface area (Å²) in [5.74, 6) is 1.64. The lowest BCUT2D eigenvalue weighted by Gasteiger charge is -2.21. The smallest absolute Gasteiger partial charge is 0.224 e. The topological polar surface area (TPSA) is 70.1 Å². The monoisotopic (exact) mass is 238 g/mol. The zero-order valence-corrected chi connectivity index (χ0v) is 11.0. The molecule has 0 spiro atoms. The number of hydrogen-bond acceptors (Lipinski definition) is 5. The first kappa shape index (κ1) is 13.7. The molecule has 0 aliphatic carbocycles. The quantitative estimate of drug-likeness (QED) is 0.703. The molecular formula is C12H22N4O. The molecule has 0 aliphatic heterocycles. The minimum absolute atomic E-state index is 0.165. The second-order valence-electron chi connectivity index (χ2n) is 4.35. The molecule has 2 unspecified atom stereocenters. The van der Waals surface area contributed by atoms with Crippen molar-refractivity contribution in [2.75, 3.05) is 23.8 Å². The molecule has 0 radical (unpaired) electrons. The van der Waals surface area contributed by atoms with Crippen LogP contribution >= 0.6 is 0 Å². The highest BCUT2D eigenvalue weighted by atomic mass is 16.3. The van der Waals surface area contributed by atoms with Crippen molar-refractivity contribution >= 4 is 11.8 Å². The molecule has 1 aromatic heterocycles. The number of aliphatic hydroxyl groups excluding tert-OH is 1. The molecule has 17 heavy (non-hydrogen) atoms. The van der Waals surface area contributed by atoms with E-state index < -0.39 is 0 Å². The number of hydrogen-bond donors (Lipinski definition) is 3. The predicted molar refractivity (Wildman–Crippen MR) is 70.3 cm³/mol. The molecule has 1 heterocycles. The van der Waals surface area contributed by atoms with Gasteiger partial charge in [-0.25, -0.2) is 4.98 Å². The SMILES string of the molecule is CCNc1ncc(C)c(NC(C)C(C)CO)n1. The van der Waals surface area contributed by atoms with Crippen molar-refractivity contribution in [1.82, 2.24) is 9.97 Å². The Morgan fingerprint density at radius 2 is 2.12 bits per heavy atom. The van der Waals surface area contributed by atoms with Crippen molar-refractivity contribution in [3.05, 3.63) is 11.8 Å². The van der Waals surface area contributed by atoms with Crippen LogP contribution in [0.25, 0.3) is 0 Å². The molecule has 5 nitrogen and oxygen atoms in total. The number of anilines is 2. The van der Waals surface area contributed by atoms with Crippen molar-refractivity contribution in [2.24, 2.45) is 5.92 Å². The fourth-order valence-electron chi connectivity index (χ4n) is 1.35. The Kier molecular flexibility index (Phi) is 5.15. The Morgan fingerprint density at radius 3 is 2.71 bits per heavy atom. The standard InChI is InChI=1S/C12H22N4O/c1-5-13-12-14-6-8(2)11(16-12)15-10(4)9(3)7-17/h6,9-10,17H,5,7H2,1-4H3,(H2,13,14,15,16). The highest BCUT2D eigenvalue weighted by Crippen LogP contribution is 2.16. The molecule has 0 bridgehead atoms. The molecule has 1 rings (SSSR count). The summed E-state index contributed by atoms with van der Waals surface area (Å²) in [6.07, 6.45) is 1.80. The highest BCUT2D eigenvalue weighted by molar-refractivity contribution is 5.47. The van der Waals surface area contributed by atoms with Crippen LogP contribution in [0.1, 0.15) is 26.3 Å². The fraction of sp³-hybridized carbons (Fsp3) is 0.667. The summed E-state index contributed by atoms with van der Waals surface area (Å²) >= 11 is 0. The van der Waals surface area contributed by atoms with Gasteiger partial charge in [0, 0.05) is 31.0 Å². The highest BCUT2D eigenvalue weighted by Gasteiger charge is 2.13. The average Bonchev–Trinajstić information content (AvgIpc) is 2.32. The zero-order valence-electron chi connectivity index (χ0n) is 11.0. The average molecular weight is 238 g/mol. The van der Waals surface area contributed by atoms with Crippen LogP contribution in [0.3, 0.4) is 0 Å². The maximum Gasteiger partial charge on any atom is 0.224 e. The molecule has 1 aromatic rings. The van der Waals surface area contributed by atoms with Crippen LogP contribution in [0.5, 0.6) is 0 Å². The third kappa shape index (κ3) is 3.85. The number of nitrogens with one attached hydrogen (secondary N) is 2. The number of nitrogens with zero attached hydrogens (tertiary/aromatic N) is 2. The third-order valence-electron chi connectivity index (χ3n) is 2.81. The summed E-state index contributed by atoms with van der Waals surface area (Å²) in [6, 6.07) is 0.170. The molecule has 5 heteroatoms. The first-order valence-electron chi connectivity index (χ1n) is 6.03. The Labute approximate surface area is 103 Å². The molecule has 0 saturated heterocycles. The number of aryl methyl sites for hydroxylation is 1. The largest absolute Gasteiger partial charge is 0.396 e. The minimum Gasteiger partial charge on any atom is -0.396 e. The minimum atomic E-state index is 0.165. The van der Waals surface area contributed by atoms with Crippen LogP contribution in [0.4, 0.5) is 11.8 Å². The van der Waals surface area contributed by atoms with E-state index in [0.717, 1.165) is 17.9 Å². The Balaban J connectivity index is 2.78. The van der Waals surface area contributed by atoms with Crippen molar-refractivity contribution in [3.63, 3.8) is 0 Å². The van der Waals surface area contributed by atoms with Crippen LogP contribution in [0.2, 0.25) is 0 Å². The van der Waals surface area contributed by atoms with Crippen LogP contribution in [0.15, 0.2) is 6.20 Å². The molecule has 0 fully saturated rings. The molecule has 0 aromatic carbocycles. The van der Waals surface area contributed by atoms with Crippen LogP contribution in [0, 0.1) is 12.8 Å². The normalized spacial score (nSPS) is 14.2. The first-order valence-corrected chi connectivity index (χ1v) is 6.03. The maximum absolute atomic E-state index is 9.11. The Morgan fingerprint density at radius 1 is 1.41 bits per heavy atom. The molecule has 96 valence electrons. The number of aromatic nitrogens is 2. The van der Waals surface area contributed by atoms with Gasteiger partial charge in [0.2, 0.25) is 5.95 Å². The summed E-state index contributed by atoms with van der Waals surface area (Å²) in [6.45, 7) is 8.97. The maximum atomic E-state index is 9.11. The summed E-state index contributed by atoms with van der Waals surface area (Å²) in [5, 5.41) is 15.5. The van der Waals surface area contributed by atoms with E-state index in [2.05, 4.69) is 20.6 Å². The Hall–Kier alpha value is -1.36. The van der Waals surface area contributed by atoms with Crippen molar-refractivity contribution in [2.45, 2.75) is 33.7 Å². The summed E-state index contributed by atoms with van der Waals surface area (Å²) in [5.41, 5.74) is 1.00. The second kappa shape index (κ2) is 6.39. The molecule has 2 atom stereocenters. The van der Waals surface area contributed by atoms with E-state index in [1.165, 1.54) is 0 Å². The lowest BCUT2D eigenvalue weighted by Crippen LogP contribution is -2.27. The van der Waals surface area contributed by atoms with Crippen LogP contribution < -0.4 is 10.6 Å². The van der Waals surface area contributed by atoms with Gasteiger partial charge in [0.15, 0.2) is 0 Å². The van der Waals surface area contributed by atoms with Crippen molar-refractivity contribution < 1.29 is 5.11 Å². The van der Waals surface area contributed by atoms with Crippen LogP contribution in [-0.4, -0.2) is 34.3 Å². The van der Waals surface area contributed by atoms with Crippen molar-refractivity contribution in [3.8, 4) is 0 Å². The Bertz CT molecular complexity index is 356. The summed E-state index contributed by atoms with van der Waals surface area (Å²) in [4.78, 5) is 8.59. The molecule has 0 aliphatic rings. The van der Waals surface area contributed by atoms with E-state index in [4.69, 9.17) is 5.11 Å². The van der Waals surface area contributed by atoms with Gasteiger partial charge in [-0.15, -0.1) is 0 Å². The van der Waals surface area contributed by atoms with Gasteiger partial charge in [-0.05, 0) is 26.7 Å². The van der Waals surface area contributed by atoms with E-state index >= 15 is 0 Å². The summed E-state index contributed by atoms with van der Waals surface area (Å²) in [7, 11) is 0.